The third kappa shape index (κ3) is 6.66. The van der Waals surface area contributed by atoms with Crippen LogP contribution in [0.4, 0.5) is 24.5 Å². The summed E-state index contributed by atoms with van der Waals surface area (Å²) in [7, 11) is -3.94. The van der Waals surface area contributed by atoms with Crippen molar-refractivity contribution in [3.63, 3.8) is 0 Å². The molecule has 0 aromatic heterocycles. The Bertz CT molecular complexity index is 1310. The van der Waals surface area contributed by atoms with Crippen LogP contribution in [0.2, 0.25) is 0 Å². The number of aliphatic carboxylic acids is 1. The smallest absolute Gasteiger partial charge is 0.368 e. The number of carboxylic acids is 1. The largest absolute Gasteiger partial charge is 0.476 e. The van der Waals surface area contributed by atoms with Gasteiger partial charge in [0, 0.05) is 29.8 Å². The van der Waals surface area contributed by atoms with Gasteiger partial charge >= 0.3 is 5.97 Å². The molecule has 6 nitrogen and oxygen atoms in total. The lowest BCUT2D eigenvalue weighted by Crippen LogP contribution is -2.38. The number of benzene rings is 2. The van der Waals surface area contributed by atoms with Crippen LogP contribution in [0.1, 0.15) is 52.4 Å². The second kappa shape index (κ2) is 12.5. The van der Waals surface area contributed by atoms with Crippen LogP contribution < -0.4 is 9.64 Å². The number of ether oxygens (including phenoxy) is 1. The minimum absolute atomic E-state index is 0.0314. The number of thioether (sulfide) groups is 1. The minimum atomic E-state index is -3.94. The number of carbonyl (C=O) groups is 1. The summed E-state index contributed by atoms with van der Waals surface area (Å²) in [6.45, 7) is 4.32. The first-order valence-electron chi connectivity index (χ1n) is 12.4. The number of carboxylic acid groups (broad SMARTS) is 1. The molecular weight excluding hydrogens is 539 g/mol. The van der Waals surface area contributed by atoms with Crippen LogP contribution in [0.25, 0.3) is 0 Å². The highest BCUT2D eigenvalue weighted by molar-refractivity contribution is 7.98. The summed E-state index contributed by atoms with van der Waals surface area (Å²) in [5.74, 6) is -5.62. The van der Waals surface area contributed by atoms with Crippen molar-refractivity contribution in [1.29, 1.82) is 0 Å². The standard InChI is InChI=1S/C27H32F3NO5S2/c1-4-6-10-27(11-7-5-2)16-31(18-8-9-19(28)20(29)12-18)22-13-24(37-3)23(36-15-21(30)26(32)33)14-25(22)38(34,35)17-27/h8-9,12-15H,4-7,10-11,16-17H2,1-3H3,(H,32,33)/b21-15-. The van der Waals surface area contributed by atoms with E-state index in [-0.39, 0.29) is 28.6 Å². The van der Waals surface area contributed by atoms with Crippen molar-refractivity contribution >= 4 is 38.9 Å². The molecule has 1 heterocycles. The number of unbranched alkanes of at least 4 members (excludes halogenated alkanes) is 2. The number of sulfone groups is 1. The lowest BCUT2D eigenvalue weighted by Gasteiger charge is -2.37. The van der Waals surface area contributed by atoms with Crippen LogP contribution in [-0.2, 0) is 14.6 Å². The summed E-state index contributed by atoms with van der Waals surface area (Å²) in [6, 6.07) is 6.28. The van der Waals surface area contributed by atoms with E-state index in [1.165, 1.54) is 23.9 Å². The second-order valence-electron chi connectivity index (χ2n) is 9.51. The molecule has 0 bridgehead atoms. The summed E-state index contributed by atoms with van der Waals surface area (Å²) in [6.07, 6.45) is 6.68. The Balaban J connectivity index is 2.28. The highest BCUT2D eigenvalue weighted by Crippen LogP contribution is 2.48. The zero-order valence-electron chi connectivity index (χ0n) is 21.6. The lowest BCUT2D eigenvalue weighted by atomic mass is 9.79. The van der Waals surface area contributed by atoms with Crippen LogP contribution in [0.15, 0.2) is 52.2 Å². The number of rotatable bonds is 11. The van der Waals surface area contributed by atoms with Gasteiger partial charge in [0.1, 0.15) is 12.0 Å². The Morgan fingerprint density at radius 2 is 1.79 bits per heavy atom. The fourth-order valence-electron chi connectivity index (χ4n) is 4.77. The van der Waals surface area contributed by atoms with Gasteiger partial charge < -0.3 is 14.7 Å². The van der Waals surface area contributed by atoms with Gasteiger partial charge in [-0.05, 0) is 37.3 Å². The maximum Gasteiger partial charge on any atom is 0.368 e. The molecule has 38 heavy (non-hydrogen) atoms. The molecule has 2 aromatic rings. The summed E-state index contributed by atoms with van der Waals surface area (Å²) in [5, 5.41) is 8.81. The molecule has 0 spiro atoms. The van der Waals surface area contributed by atoms with Gasteiger partial charge in [-0.15, -0.1) is 11.8 Å². The molecule has 0 aliphatic carbocycles. The molecule has 0 amide bonds. The molecule has 1 aliphatic rings. The normalized spacial score (nSPS) is 16.6. The number of halogens is 3. The fourth-order valence-corrected chi connectivity index (χ4v) is 7.42. The van der Waals surface area contributed by atoms with Crippen molar-refractivity contribution in [3.8, 4) is 5.75 Å². The number of hydrogen-bond donors (Lipinski definition) is 1. The first kappa shape index (κ1) is 29.9. The Labute approximate surface area is 225 Å². The highest BCUT2D eigenvalue weighted by atomic mass is 32.2. The van der Waals surface area contributed by atoms with Crippen LogP contribution >= 0.6 is 11.8 Å². The van der Waals surface area contributed by atoms with E-state index in [1.807, 2.05) is 13.8 Å². The maximum absolute atomic E-state index is 14.4. The van der Waals surface area contributed by atoms with Crippen molar-refractivity contribution in [1.82, 2.24) is 0 Å². The summed E-state index contributed by atoms with van der Waals surface area (Å²) < 4.78 is 75.0. The van der Waals surface area contributed by atoms with Crippen molar-refractivity contribution in [2.24, 2.45) is 5.41 Å². The predicted molar refractivity (Wildman–Crippen MR) is 143 cm³/mol. The van der Waals surface area contributed by atoms with Crippen molar-refractivity contribution < 1.29 is 36.2 Å². The third-order valence-electron chi connectivity index (χ3n) is 6.69. The van der Waals surface area contributed by atoms with E-state index in [4.69, 9.17) is 9.84 Å². The number of hydrogen-bond acceptors (Lipinski definition) is 6. The summed E-state index contributed by atoms with van der Waals surface area (Å²) in [4.78, 5) is 12.9. The Hall–Kier alpha value is -2.66. The molecule has 2 aromatic carbocycles. The van der Waals surface area contributed by atoms with E-state index in [2.05, 4.69) is 0 Å². The van der Waals surface area contributed by atoms with Gasteiger partial charge in [0.05, 0.1) is 21.2 Å². The van der Waals surface area contributed by atoms with Gasteiger partial charge in [-0.25, -0.2) is 22.0 Å². The Morgan fingerprint density at radius 3 is 2.34 bits per heavy atom. The quantitative estimate of drug-likeness (QED) is 0.173. The van der Waals surface area contributed by atoms with Gasteiger partial charge in [0.25, 0.3) is 0 Å². The van der Waals surface area contributed by atoms with E-state index >= 15 is 0 Å². The number of anilines is 2. The van der Waals surface area contributed by atoms with E-state index < -0.39 is 38.7 Å². The van der Waals surface area contributed by atoms with E-state index in [0.29, 0.717) is 29.7 Å². The van der Waals surface area contributed by atoms with Gasteiger partial charge in [-0.3, -0.25) is 0 Å². The highest BCUT2D eigenvalue weighted by Gasteiger charge is 2.42. The Morgan fingerprint density at radius 1 is 1.13 bits per heavy atom. The van der Waals surface area contributed by atoms with E-state index in [0.717, 1.165) is 37.8 Å². The van der Waals surface area contributed by atoms with Gasteiger partial charge in [-0.2, -0.15) is 4.39 Å². The van der Waals surface area contributed by atoms with Crippen LogP contribution in [0.3, 0.4) is 0 Å². The first-order chi connectivity index (χ1) is 18.0. The zero-order chi connectivity index (χ0) is 28.1. The van der Waals surface area contributed by atoms with Crippen LogP contribution in [-0.4, -0.2) is 38.0 Å². The van der Waals surface area contributed by atoms with Crippen molar-refractivity contribution in [2.45, 2.75) is 62.2 Å². The molecule has 11 heteroatoms. The molecule has 1 N–H and O–H groups in total. The average Bonchev–Trinajstić information content (AvgIpc) is 2.97. The lowest BCUT2D eigenvalue weighted by molar-refractivity contribution is -0.134. The topological polar surface area (TPSA) is 83.9 Å². The number of fused-ring (bicyclic) bond motifs is 1. The van der Waals surface area contributed by atoms with Crippen molar-refractivity contribution in [2.75, 3.05) is 23.5 Å². The van der Waals surface area contributed by atoms with Gasteiger partial charge in [-0.1, -0.05) is 39.5 Å². The van der Waals surface area contributed by atoms with E-state index in [1.54, 1.807) is 17.2 Å². The molecule has 0 atom stereocenters. The van der Waals surface area contributed by atoms with Crippen molar-refractivity contribution in [3.05, 3.63) is 54.1 Å². The fraction of sp³-hybridized carbons (Fsp3) is 0.444. The SMILES string of the molecule is CCCCC1(CCCC)CN(c2ccc(F)c(F)c2)c2cc(SC)c(O/C=C(\F)C(=O)O)cc2S(=O)(=O)C1. The molecule has 0 saturated carbocycles. The molecule has 0 fully saturated rings. The van der Waals surface area contributed by atoms with Crippen LogP contribution in [0, 0.1) is 17.0 Å². The minimum Gasteiger partial charge on any atom is -0.476 e. The molecule has 0 saturated heterocycles. The zero-order valence-corrected chi connectivity index (χ0v) is 23.2. The second-order valence-corrected chi connectivity index (χ2v) is 12.3. The molecule has 0 unspecified atom stereocenters. The van der Waals surface area contributed by atoms with Crippen LogP contribution in [0.5, 0.6) is 5.75 Å². The van der Waals surface area contributed by atoms with Gasteiger partial charge in [0.15, 0.2) is 21.5 Å². The molecule has 3 rings (SSSR count). The van der Waals surface area contributed by atoms with Gasteiger partial charge in [0.2, 0.25) is 5.83 Å². The third-order valence-corrected chi connectivity index (χ3v) is 9.44. The average molecular weight is 572 g/mol. The molecule has 208 valence electrons. The maximum atomic E-state index is 14.4. The molecular formula is C27H32F3NO5S2. The molecule has 0 radical (unpaired) electrons. The first-order valence-corrected chi connectivity index (χ1v) is 15.3. The summed E-state index contributed by atoms with van der Waals surface area (Å²) >= 11 is 1.19. The monoisotopic (exact) mass is 571 g/mol. The predicted octanol–water partition coefficient (Wildman–Crippen LogP) is 7.25. The Kier molecular flexibility index (Phi) is 9.80. The van der Waals surface area contributed by atoms with E-state index in [9.17, 15) is 26.4 Å². The number of nitrogens with zero attached hydrogens (tertiary/aromatic N) is 1. The summed E-state index contributed by atoms with van der Waals surface area (Å²) in [5.41, 5.74) is -0.0904. The molecule has 1 aliphatic heterocycles.